The van der Waals surface area contributed by atoms with Gasteiger partial charge in [-0.2, -0.15) is 0 Å². The first-order valence-corrected chi connectivity index (χ1v) is 22.4. The van der Waals surface area contributed by atoms with Crippen molar-refractivity contribution in [3.8, 4) is 89.5 Å². The van der Waals surface area contributed by atoms with Crippen LogP contribution in [-0.4, -0.2) is 9.97 Å². The van der Waals surface area contributed by atoms with Crippen LogP contribution in [-0.2, 0) is 5.41 Å². The summed E-state index contributed by atoms with van der Waals surface area (Å²) in [6, 6.07) is 88.1. The first kappa shape index (κ1) is 37.1. The summed E-state index contributed by atoms with van der Waals surface area (Å²) in [5, 5.41) is 2.53. The Hall–Kier alpha value is -8.46. The molecule has 302 valence electrons. The van der Waals surface area contributed by atoms with Gasteiger partial charge in [0.15, 0.2) is 5.82 Å². The van der Waals surface area contributed by atoms with Crippen LogP contribution < -0.4 is 0 Å². The van der Waals surface area contributed by atoms with E-state index in [1.807, 2.05) is 6.07 Å². The second-order valence-corrected chi connectivity index (χ2v) is 17.2. The quantitative estimate of drug-likeness (QED) is 0.167. The van der Waals surface area contributed by atoms with Crippen molar-refractivity contribution in [2.45, 2.75) is 5.41 Å². The topological polar surface area (TPSA) is 25.8 Å². The molecule has 1 heterocycles. The molecule has 13 rings (SSSR count). The number of hydrogen-bond acceptors (Lipinski definition) is 2. The highest BCUT2D eigenvalue weighted by Crippen LogP contribution is 2.65. The summed E-state index contributed by atoms with van der Waals surface area (Å²) in [7, 11) is 0. The zero-order valence-corrected chi connectivity index (χ0v) is 35.5. The maximum absolute atomic E-state index is 5.28. The average Bonchev–Trinajstić information content (AvgIpc) is 3.87. The minimum atomic E-state index is -0.446. The molecule has 11 aromatic rings. The summed E-state index contributed by atoms with van der Waals surface area (Å²) in [4.78, 5) is 10.6. The highest BCUT2D eigenvalue weighted by atomic mass is 14.9. The SMILES string of the molecule is c1ccc(-c2cc(-c3ccccc3)cc(-c3cc(-c4ccc(-c5cc6ccccc6c6c5-c5ccccc5C65c6ccccc6-c6ccccc65)cc4)nc(-c4ccccc4)n3)c2)cc1. The fraction of sp³-hybridized carbons (Fsp3) is 0.0159. The lowest BCUT2D eigenvalue weighted by molar-refractivity contribution is 0.801. The van der Waals surface area contributed by atoms with Gasteiger partial charge in [0.1, 0.15) is 0 Å². The van der Waals surface area contributed by atoms with Gasteiger partial charge in [0.25, 0.3) is 0 Å². The molecule has 0 aliphatic heterocycles. The molecule has 1 spiro atoms. The number of hydrogen-bond donors (Lipinski definition) is 0. The Morgan fingerprint density at radius 3 is 1.32 bits per heavy atom. The van der Waals surface area contributed by atoms with E-state index < -0.39 is 5.41 Å². The molecule has 0 fully saturated rings. The molecule has 0 saturated carbocycles. The zero-order valence-electron chi connectivity index (χ0n) is 35.5. The van der Waals surface area contributed by atoms with E-state index in [1.165, 1.54) is 66.4 Å². The van der Waals surface area contributed by atoms with Crippen LogP contribution in [0.1, 0.15) is 22.3 Å². The van der Waals surface area contributed by atoms with Crippen molar-refractivity contribution >= 4 is 10.8 Å². The highest BCUT2D eigenvalue weighted by Gasteiger charge is 2.52. The smallest absolute Gasteiger partial charge is 0.160 e. The molecule has 0 radical (unpaired) electrons. The first-order chi connectivity index (χ1) is 32.2. The molecule has 0 amide bonds. The second kappa shape index (κ2) is 14.8. The van der Waals surface area contributed by atoms with Crippen molar-refractivity contribution in [3.63, 3.8) is 0 Å². The van der Waals surface area contributed by atoms with Gasteiger partial charge in [-0.3, -0.25) is 0 Å². The van der Waals surface area contributed by atoms with Crippen LogP contribution in [0.25, 0.3) is 100 Å². The van der Waals surface area contributed by atoms with Crippen LogP contribution >= 0.6 is 0 Å². The van der Waals surface area contributed by atoms with Gasteiger partial charge in [0.2, 0.25) is 0 Å². The van der Waals surface area contributed by atoms with Crippen molar-refractivity contribution < 1.29 is 0 Å². The molecule has 65 heavy (non-hydrogen) atoms. The Balaban J connectivity index is 0.996. The van der Waals surface area contributed by atoms with Crippen molar-refractivity contribution in [2.24, 2.45) is 0 Å². The van der Waals surface area contributed by atoms with Crippen LogP contribution in [0.2, 0.25) is 0 Å². The molecule has 10 aromatic carbocycles. The van der Waals surface area contributed by atoms with Gasteiger partial charge >= 0.3 is 0 Å². The Labute approximate surface area is 378 Å². The summed E-state index contributed by atoms with van der Waals surface area (Å²) in [5.74, 6) is 0.694. The van der Waals surface area contributed by atoms with Crippen LogP contribution in [0.3, 0.4) is 0 Å². The fourth-order valence-corrected chi connectivity index (χ4v) is 10.9. The van der Waals surface area contributed by atoms with E-state index in [-0.39, 0.29) is 0 Å². The Bertz CT molecular complexity index is 3530. The van der Waals surface area contributed by atoms with Crippen molar-refractivity contribution in [3.05, 3.63) is 265 Å². The third-order valence-electron chi connectivity index (χ3n) is 13.7. The molecule has 2 aliphatic carbocycles. The molecule has 2 heteroatoms. The molecule has 2 nitrogen and oxygen atoms in total. The summed E-state index contributed by atoms with van der Waals surface area (Å²) < 4.78 is 0. The summed E-state index contributed by atoms with van der Waals surface area (Å²) in [5.41, 5.74) is 22.0. The maximum atomic E-state index is 5.28. The van der Waals surface area contributed by atoms with Gasteiger partial charge in [-0.05, 0) is 119 Å². The summed E-state index contributed by atoms with van der Waals surface area (Å²) in [6.45, 7) is 0. The summed E-state index contributed by atoms with van der Waals surface area (Å²) >= 11 is 0. The van der Waals surface area contributed by atoms with Crippen LogP contribution in [0.5, 0.6) is 0 Å². The second-order valence-electron chi connectivity index (χ2n) is 17.2. The predicted octanol–water partition coefficient (Wildman–Crippen LogP) is 16.0. The third kappa shape index (κ3) is 5.81. The molecule has 2 aliphatic rings. The van der Waals surface area contributed by atoms with E-state index in [1.54, 1.807) is 0 Å². The van der Waals surface area contributed by atoms with Crippen molar-refractivity contribution in [2.75, 3.05) is 0 Å². The molecule has 0 atom stereocenters. The predicted molar refractivity (Wildman–Crippen MR) is 268 cm³/mol. The van der Waals surface area contributed by atoms with Gasteiger partial charge in [-0.1, -0.05) is 212 Å². The van der Waals surface area contributed by atoms with E-state index in [9.17, 15) is 0 Å². The highest BCUT2D eigenvalue weighted by molar-refractivity contribution is 6.09. The molecular formula is C63H40N2. The van der Waals surface area contributed by atoms with Gasteiger partial charge in [-0.15, -0.1) is 0 Å². The molecule has 1 aromatic heterocycles. The van der Waals surface area contributed by atoms with E-state index in [2.05, 4.69) is 237 Å². The summed E-state index contributed by atoms with van der Waals surface area (Å²) in [6.07, 6.45) is 0. The lowest BCUT2D eigenvalue weighted by Gasteiger charge is -2.31. The minimum Gasteiger partial charge on any atom is -0.228 e. The van der Waals surface area contributed by atoms with E-state index in [4.69, 9.17) is 9.97 Å². The van der Waals surface area contributed by atoms with Crippen LogP contribution in [0, 0.1) is 0 Å². The Kier molecular flexibility index (Phi) is 8.47. The zero-order chi connectivity index (χ0) is 42.9. The van der Waals surface area contributed by atoms with E-state index >= 15 is 0 Å². The van der Waals surface area contributed by atoms with Gasteiger partial charge < -0.3 is 0 Å². The molecule has 0 unspecified atom stereocenters. The minimum absolute atomic E-state index is 0.446. The van der Waals surface area contributed by atoms with E-state index in [0.29, 0.717) is 5.82 Å². The van der Waals surface area contributed by atoms with Crippen molar-refractivity contribution in [1.29, 1.82) is 0 Å². The monoisotopic (exact) mass is 824 g/mol. The average molecular weight is 825 g/mol. The van der Waals surface area contributed by atoms with Gasteiger partial charge in [-0.25, -0.2) is 9.97 Å². The van der Waals surface area contributed by atoms with E-state index in [0.717, 1.165) is 50.3 Å². The number of aromatic nitrogens is 2. The standard InChI is InChI=1S/C63H40N2/c1-4-18-41(19-5-1)47-36-48(42-20-6-2-7-21-42)38-49(37-47)59-40-58(64-62(65-59)45-22-8-3-9-23-45)44-34-32-43(33-35-44)54-39-46-24-10-11-25-50(46)61-60(54)53-28-14-17-31-57(53)63(61)55-29-15-12-26-51(55)52-27-13-16-30-56(52)63/h1-40H. The first-order valence-electron chi connectivity index (χ1n) is 22.4. The molecule has 0 bridgehead atoms. The lowest BCUT2D eigenvalue weighted by Crippen LogP contribution is -2.26. The Morgan fingerprint density at radius 1 is 0.277 bits per heavy atom. The third-order valence-corrected chi connectivity index (χ3v) is 13.7. The number of nitrogens with zero attached hydrogens (tertiary/aromatic N) is 2. The largest absolute Gasteiger partial charge is 0.228 e. The number of rotatable bonds is 6. The van der Waals surface area contributed by atoms with Crippen LogP contribution in [0.15, 0.2) is 243 Å². The van der Waals surface area contributed by atoms with Crippen molar-refractivity contribution in [1.82, 2.24) is 9.97 Å². The fourth-order valence-electron chi connectivity index (χ4n) is 10.9. The van der Waals surface area contributed by atoms with Gasteiger partial charge in [0.05, 0.1) is 16.8 Å². The molecule has 0 saturated heterocycles. The maximum Gasteiger partial charge on any atom is 0.160 e. The lowest BCUT2D eigenvalue weighted by atomic mass is 9.69. The molecular weight excluding hydrogens is 785 g/mol. The van der Waals surface area contributed by atoms with Crippen LogP contribution in [0.4, 0.5) is 0 Å². The normalized spacial score (nSPS) is 12.7. The number of fused-ring (bicyclic) bond motifs is 12. The number of benzene rings is 10. The molecule has 0 N–H and O–H groups in total. The van der Waals surface area contributed by atoms with Gasteiger partial charge in [0, 0.05) is 16.7 Å². The Morgan fingerprint density at radius 2 is 0.723 bits per heavy atom.